The van der Waals surface area contributed by atoms with E-state index in [0.29, 0.717) is 34.1 Å². The highest BCUT2D eigenvalue weighted by atomic mass is 16.6. The number of aryl methyl sites for hydroxylation is 1. The van der Waals surface area contributed by atoms with E-state index in [0.717, 1.165) is 5.56 Å². The topological polar surface area (TPSA) is 126 Å². The molecule has 9 nitrogen and oxygen atoms in total. The van der Waals surface area contributed by atoms with Crippen molar-refractivity contribution in [2.75, 3.05) is 5.01 Å². The Labute approximate surface area is 182 Å². The predicted molar refractivity (Wildman–Crippen MR) is 118 cm³/mol. The van der Waals surface area contributed by atoms with E-state index in [9.17, 15) is 19.7 Å². The number of amides is 1. The van der Waals surface area contributed by atoms with Crippen molar-refractivity contribution in [1.82, 2.24) is 0 Å². The Morgan fingerprint density at radius 1 is 1.12 bits per heavy atom. The number of rotatable bonds is 5. The van der Waals surface area contributed by atoms with Crippen molar-refractivity contribution in [2.24, 2.45) is 5.10 Å². The lowest BCUT2D eigenvalue weighted by Crippen LogP contribution is -2.21. The Morgan fingerprint density at radius 3 is 2.50 bits per heavy atom. The molecule has 32 heavy (non-hydrogen) atoms. The van der Waals surface area contributed by atoms with Crippen molar-refractivity contribution in [3.8, 4) is 11.3 Å². The molecule has 1 aliphatic heterocycles. The van der Waals surface area contributed by atoms with Gasteiger partial charge < -0.3 is 9.52 Å². The molecular weight excluding hydrogens is 414 g/mol. The van der Waals surface area contributed by atoms with Gasteiger partial charge in [0.2, 0.25) is 0 Å². The monoisotopic (exact) mass is 431 g/mol. The second-order valence-corrected chi connectivity index (χ2v) is 7.19. The molecule has 2 aromatic carbocycles. The van der Waals surface area contributed by atoms with Crippen LogP contribution in [0.4, 0.5) is 11.4 Å². The summed E-state index contributed by atoms with van der Waals surface area (Å²) in [7, 11) is 0. The standard InChI is InChI=1S/C23H17N3O6/c1-13-3-9-18(20(11-13)26(30)31)21-10-8-17(32-21)12-19-14(2)24-25(22(19)27)16-6-4-15(5-7-16)23(28)29/h3-12H,1-2H3,(H,28,29). The number of aromatic carboxylic acids is 1. The molecule has 0 saturated heterocycles. The molecule has 0 saturated carbocycles. The summed E-state index contributed by atoms with van der Waals surface area (Å²) in [5, 5.41) is 25.9. The van der Waals surface area contributed by atoms with E-state index in [-0.39, 0.29) is 11.3 Å². The normalized spacial score (nSPS) is 14.7. The number of carboxylic acids is 1. The average Bonchev–Trinajstić information content (AvgIpc) is 3.34. The highest BCUT2D eigenvalue weighted by Crippen LogP contribution is 2.33. The molecule has 0 radical (unpaired) electrons. The van der Waals surface area contributed by atoms with Crippen LogP contribution in [0.25, 0.3) is 17.4 Å². The number of carboxylic acid groups (broad SMARTS) is 1. The van der Waals surface area contributed by atoms with Gasteiger partial charge in [0, 0.05) is 6.07 Å². The summed E-state index contributed by atoms with van der Waals surface area (Å²) < 4.78 is 5.77. The maximum absolute atomic E-state index is 12.9. The minimum Gasteiger partial charge on any atom is -0.478 e. The van der Waals surface area contributed by atoms with Crippen molar-refractivity contribution in [2.45, 2.75) is 13.8 Å². The summed E-state index contributed by atoms with van der Waals surface area (Å²) >= 11 is 0. The SMILES string of the molecule is CC1=NN(c2ccc(C(=O)O)cc2)C(=O)C1=Cc1ccc(-c2ccc(C)cc2[N+](=O)[O-])o1. The first kappa shape index (κ1) is 20.7. The molecule has 2 heterocycles. The molecule has 9 heteroatoms. The number of carbonyl (C=O) groups excluding carboxylic acids is 1. The molecule has 3 aromatic rings. The molecule has 0 spiro atoms. The number of hydrogen-bond acceptors (Lipinski definition) is 6. The molecule has 1 N–H and O–H groups in total. The third-order valence-electron chi connectivity index (χ3n) is 4.95. The van der Waals surface area contributed by atoms with E-state index >= 15 is 0 Å². The summed E-state index contributed by atoms with van der Waals surface area (Å²) in [5.41, 5.74) is 2.32. The van der Waals surface area contributed by atoms with E-state index in [4.69, 9.17) is 9.52 Å². The maximum atomic E-state index is 12.9. The van der Waals surface area contributed by atoms with Crippen LogP contribution in [0.5, 0.6) is 0 Å². The number of furan rings is 1. The third-order valence-corrected chi connectivity index (χ3v) is 4.95. The van der Waals surface area contributed by atoms with Gasteiger partial charge in [0.15, 0.2) is 0 Å². The molecule has 1 aromatic heterocycles. The fourth-order valence-corrected chi connectivity index (χ4v) is 3.32. The lowest BCUT2D eigenvalue weighted by Gasteiger charge is -2.11. The minimum absolute atomic E-state index is 0.0655. The number of hydrogen-bond donors (Lipinski definition) is 1. The van der Waals surface area contributed by atoms with Crippen LogP contribution < -0.4 is 5.01 Å². The summed E-state index contributed by atoms with van der Waals surface area (Å²) in [6.07, 6.45) is 1.52. The Bertz CT molecular complexity index is 1320. The van der Waals surface area contributed by atoms with Gasteiger partial charge in [-0.05, 0) is 68.0 Å². The van der Waals surface area contributed by atoms with Gasteiger partial charge in [0.25, 0.3) is 11.6 Å². The summed E-state index contributed by atoms with van der Waals surface area (Å²) in [5.74, 6) is -0.808. The highest BCUT2D eigenvalue weighted by Gasteiger charge is 2.29. The molecule has 1 amide bonds. The van der Waals surface area contributed by atoms with Crippen molar-refractivity contribution in [3.63, 3.8) is 0 Å². The van der Waals surface area contributed by atoms with Crippen molar-refractivity contribution in [1.29, 1.82) is 0 Å². The largest absolute Gasteiger partial charge is 0.478 e. The van der Waals surface area contributed by atoms with Crippen LogP contribution in [-0.4, -0.2) is 27.6 Å². The zero-order valence-corrected chi connectivity index (χ0v) is 17.1. The quantitative estimate of drug-likeness (QED) is 0.355. The van der Waals surface area contributed by atoms with E-state index in [1.165, 1.54) is 41.4 Å². The number of nitro benzene ring substituents is 1. The lowest BCUT2D eigenvalue weighted by molar-refractivity contribution is -0.384. The molecular formula is C23H17N3O6. The third kappa shape index (κ3) is 3.79. The van der Waals surface area contributed by atoms with Gasteiger partial charge in [0.05, 0.1) is 33.0 Å². The Morgan fingerprint density at radius 2 is 1.84 bits per heavy atom. The second-order valence-electron chi connectivity index (χ2n) is 7.19. The molecule has 0 unspecified atom stereocenters. The molecule has 0 aliphatic carbocycles. The second kappa shape index (κ2) is 7.95. The van der Waals surface area contributed by atoms with E-state index in [2.05, 4.69) is 5.10 Å². The Balaban J connectivity index is 1.63. The maximum Gasteiger partial charge on any atom is 0.335 e. The minimum atomic E-state index is -1.06. The van der Waals surface area contributed by atoms with E-state index in [1.807, 2.05) is 0 Å². The first-order valence-corrected chi connectivity index (χ1v) is 9.55. The van der Waals surface area contributed by atoms with Crippen LogP contribution in [0.1, 0.15) is 28.6 Å². The highest BCUT2D eigenvalue weighted by molar-refractivity contribution is 6.32. The number of benzene rings is 2. The molecule has 1 aliphatic rings. The molecule has 4 rings (SSSR count). The van der Waals surface area contributed by atoms with Crippen molar-refractivity contribution >= 4 is 35.0 Å². The van der Waals surface area contributed by atoms with Gasteiger partial charge in [-0.25, -0.2) is 4.79 Å². The van der Waals surface area contributed by atoms with Gasteiger partial charge in [-0.3, -0.25) is 14.9 Å². The van der Waals surface area contributed by atoms with Crippen LogP contribution in [-0.2, 0) is 4.79 Å². The van der Waals surface area contributed by atoms with E-state index < -0.39 is 16.8 Å². The van der Waals surface area contributed by atoms with Gasteiger partial charge in [0.1, 0.15) is 11.5 Å². The summed E-state index contributed by atoms with van der Waals surface area (Å²) in [6.45, 7) is 3.44. The number of anilines is 1. The smallest absolute Gasteiger partial charge is 0.335 e. The Hall–Kier alpha value is -4.53. The number of hydrazone groups is 1. The zero-order valence-electron chi connectivity index (χ0n) is 17.1. The average molecular weight is 431 g/mol. The molecule has 0 fully saturated rings. The van der Waals surface area contributed by atoms with Gasteiger partial charge >= 0.3 is 5.97 Å². The van der Waals surface area contributed by atoms with Crippen LogP contribution in [0.2, 0.25) is 0 Å². The van der Waals surface area contributed by atoms with Crippen LogP contribution in [0.15, 0.2) is 69.7 Å². The van der Waals surface area contributed by atoms with Crippen LogP contribution >= 0.6 is 0 Å². The molecule has 160 valence electrons. The van der Waals surface area contributed by atoms with Gasteiger partial charge in [-0.15, -0.1) is 0 Å². The van der Waals surface area contributed by atoms with Gasteiger partial charge in [-0.1, -0.05) is 6.07 Å². The van der Waals surface area contributed by atoms with Gasteiger partial charge in [-0.2, -0.15) is 10.1 Å². The first-order chi connectivity index (χ1) is 15.2. The zero-order chi connectivity index (χ0) is 23.0. The number of carbonyl (C=O) groups is 2. The summed E-state index contributed by atoms with van der Waals surface area (Å²) in [4.78, 5) is 34.8. The van der Waals surface area contributed by atoms with Crippen LogP contribution in [0, 0.1) is 17.0 Å². The lowest BCUT2D eigenvalue weighted by atomic mass is 10.1. The fourth-order valence-electron chi connectivity index (χ4n) is 3.32. The number of nitrogens with zero attached hydrogens (tertiary/aromatic N) is 3. The van der Waals surface area contributed by atoms with E-state index in [1.54, 1.807) is 38.1 Å². The fraction of sp³-hybridized carbons (Fsp3) is 0.0870. The number of nitro groups is 1. The van der Waals surface area contributed by atoms with Crippen molar-refractivity contribution < 1.29 is 24.0 Å². The van der Waals surface area contributed by atoms with Crippen LogP contribution in [0.3, 0.4) is 0 Å². The van der Waals surface area contributed by atoms with Crippen molar-refractivity contribution in [3.05, 3.63) is 87.2 Å². The predicted octanol–water partition coefficient (Wildman–Crippen LogP) is 4.67. The summed E-state index contributed by atoms with van der Waals surface area (Å²) in [6, 6.07) is 13.9. The molecule has 0 atom stereocenters. The molecule has 0 bridgehead atoms. The Kier molecular flexibility index (Phi) is 5.15. The first-order valence-electron chi connectivity index (χ1n) is 9.55.